The van der Waals surface area contributed by atoms with Gasteiger partial charge in [-0.05, 0) is 29.0 Å². The fraction of sp³-hybridized carbons (Fsp3) is 0.273. The highest BCUT2D eigenvalue weighted by molar-refractivity contribution is 5.94. The Morgan fingerprint density at radius 1 is 0.927 bits per heavy atom. The van der Waals surface area contributed by atoms with Crippen LogP contribution in [-0.2, 0) is 24.3 Å². The van der Waals surface area contributed by atoms with Crippen LogP contribution in [-0.4, -0.2) is 48.2 Å². The molecule has 204 valence electrons. The molecule has 1 unspecified atom stereocenters. The third-order valence-corrected chi connectivity index (χ3v) is 8.03. The van der Waals surface area contributed by atoms with Crippen LogP contribution in [0.2, 0.25) is 0 Å². The first kappa shape index (κ1) is 26.2. The number of hydrogen-bond acceptors (Lipinski definition) is 7. The molecule has 3 heterocycles. The van der Waals surface area contributed by atoms with Crippen LogP contribution < -0.4 is 9.80 Å². The van der Waals surface area contributed by atoms with E-state index in [1.807, 2.05) is 36.4 Å². The fourth-order valence-corrected chi connectivity index (χ4v) is 5.97. The number of piperazine rings is 1. The van der Waals surface area contributed by atoms with E-state index in [0.717, 1.165) is 41.2 Å². The van der Waals surface area contributed by atoms with Crippen molar-refractivity contribution in [3.05, 3.63) is 101 Å². The Bertz CT molecular complexity index is 1650. The minimum absolute atomic E-state index is 0.192. The topological polar surface area (TPSA) is 96.5 Å². The van der Waals surface area contributed by atoms with Crippen LogP contribution >= 0.6 is 0 Å². The van der Waals surface area contributed by atoms with E-state index in [0.29, 0.717) is 31.7 Å². The molecule has 2 aliphatic rings. The van der Waals surface area contributed by atoms with E-state index in [9.17, 15) is 15.3 Å². The van der Waals surface area contributed by atoms with E-state index < -0.39 is 6.09 Å². The number of nitrogens with zero attached hydrogens (tertiary/aromatic N) is 6. The highest BCUT2D eigenvalue weighted by Crippen LogP contribution is 2.35. The average Bonchev–Trinajstić information content (AvgIpc) is 3.03. The number of rotatable bonds is 5. The number of ether oxygens (including phenoxy) is 1. The lowest BCUT2D eigenvalue weighted by Crippen LogP contribution is -2.55. The lowest BCUT2D eigenvalue weighted by Gasteiger charge is -2.42. The molecule has 0 bridgehead atoms. The number of hydrogen-bond donors (Lipinski definition) is 0. The molecule has 1 aromatic heterocycles. The number of fused-ring (bicyclic) bond motifs is 2. The van der Waals surface area contributed by atoms with Crippen molar-refractivity contribution in [2.45, 2.75) is 32.0 Å². The zero-order valence-corrected chi connectivity index (χ0v) is 22.7. The molecule has 1 fully saturated rings. The summed E-state index contributed by atoms with van der Waals surface area (Å²) in [4.78, 5) is 23.9. The molecule has 0 radical (unpaired) electrons. The maximum Gasteiger partial charge on any atom is 0.410 e. The number of carbonyl (C=O) groups is 1. The molecule has 41 heavy (non-hydrogen) atoms. The molecule has 3 aromatic carbocycles. The first-order valence-electron chi connectivity index (χ1n) is 13.9. The first-order valence-corrected chi connectivity index (χ1v) is 13.9. The molecule has 1 saturated heterocycles. The number of anilines is 2. The molecule has 0 N–H and O–H groups in total. The predicted octanol–water partition coefficient (Wildman–Crippen LogP) is 5.41. The van der Waals surface area contributed by atoms with Crippen molar-refractivity contribution in [1.29, 1.82) is 10.5 Å². The van der Waals surface area contributed by atoms with Crippen molar-refractivity contribution in [3.8, 4) is 12.1 Å². The van der Waals surface area contributed by atoms with Gasteiger partial charge in [-0.1, -0.05) is 66.7 Å². The molecule has 4 aromatic rings. The second-order valence-electron chi connectivity index (χ2n) is 10.4. The Hall–Kier alpha value is -5.08. The van der Waals surface area contributed by atoms with Gasteiger partial charge in [-0.15, -0.1) is 0 Å². The standard InChI is InChI=1S/C33H30N6O2/c34-15-13-27-21-38(17-18-39(27)33(40)41-23-24-7-2-1-3-8-24)32-29-14-16-37(22-30(29)26(19-35)20-36-32)31-12-6-10-25-9-4-5-11-28(25)31/h1-12,20,27H,13-14,16-18,21-23H2. The summed E-state index contributed by atoms with van der Waals surface area (Å²) >= 11 is 0. The van der Waals surface area contributed by atoms with Crippen LogP contribution in [0.3, 0.4) is 0 Å². The summed E-state index contributed by atoms with van der Waals surface area (Å²) in [6, 6.07) is 28.6. The fourth-order valence-electron chi connectivity index (χ4n) is 5.97. The van der Waals surface area contributed by atoms with E-state index in [1.165, 1.54) is 10.8 Å². The van der Waals surface area contributed by atoms with Gasteiger partial charge in [0.05, 0.1) is 24.1 Å². The van der Waals surface area contributed by atoms with Crippen LogP contribution in [0.25, 0.3) is 10.8 Å². The monoisotopic (exact) mass is 542 g/mol. The van der Waals surface area contributed by atoms with Gasteiger partial charge in [0.2, 0.25) is 0 Å². The summed E-state index contributed by atoms with van der Waals surface area (Å²) in [5.74, 6) is 0.844. The highest BCUT2D eigenvalue weighted by atomic mass is 16.6. The number of benzene rings is 3. The van der Waals surface area contributed by atoms with Gasteiger partial charge in [-0.25, -0.2) is 9.78 Å². The molecule has 1 atom stereocenters. The van der Waals surface area contributed by atoms with Gasteiger partial charge in [0.15, 0.2) is 0 Å². The third-order valence-electron chi connectivity index (χ3n) is 8.03. The van der Waals surface area contributed by atoms with Gasteiger partial charge in [0, 0.05) is 55.6 Å². The van der Waals surface area contributed by atoms with Gasteiger partial charge in [0.1, 0.15) is 18.5 Å². The largest absolute Gasteiger partial charge is 0.445 e. The minimum atomic E-state index is -0.408. The maximum absolute atomic E-state index is 13.0. The molecule has 1 amide bonds. The number of nitriles is 2. The predicted molar refractivity (Wildman–Crippen MR) is 157 cm³/mol. The second-order valence-corrected chi connectivity index (χ2v) is 10.4. The van der Waals surface area contributed by atoms with Gasteiger partial charge in [0.25, 0.3) is 0 Å². The summed E-state index contributed by atoms with van der Waals surface area (Å²) in [6.07, 6.45) is 2.21. The van der Waals surface area contributed by atoms with Gasteiger partial charge >= 0.3 is 6.09 Å². The molecular weight excluding hydrogens is 512 g/mol. The number of pyridine rings is 1. The van der Waals surface area contributed by atoms with E-state index >= 15 is 0 Å². The van der Waals surface area contributed by atoms with E-state index in [2.05, 4.69) is 58.3 Å². The Kier molecular flexibility index (Phi) is 7.38. The molecule has 0 aliphatic carbocycles. The molecule has 0 spiro atoms. The van der Waals surface area contributed by atoms with Crippen LogP contribution in [0.15, 0.2) is 79.0 Å². The first-order chi connectivity index (χ1) is 20.2. The Balaban J connectivity index is 1.23. The average molecular weight is 543 g/mol. The van der Waals surface area contributed by atoms with Gasteiger partial charge in [-0.2, -0.15) is 10.5 Å². The van der Waals surface area contributed by atoms with Gasteiger partial charge in [-0.3, -0.25) is 0 Å². The molecule has 6 rings (SSSR count). The van der Waals surface area contributed by atoms with Crippen LogP contribution in [0.5, 0.6) is 0 Å². The number of amides is 1. The quantitative estimate of drug-likeness (QED) is 0.333. The van der Waals surface area contributed by atoms with Crippen molar-refractivity contribution >= 4 is 28.4 Å². The lowest BCUT2D eigenvalue weighted by atomic mass is 9.95. The summed E-state index contributed by atoms with van der Waals surface area (Å²) in [5.41, 5.74) is 4.75. The number of aromatic nitrogens is 1. The van der Waals surface area contributed by atoms with E-state index in [1.54, 1.807) is 11.1 Å². The molecule has 2 aliphatic heterocycles. The van der Waals surface area contributed by atoms with E-state index in [4.69, 9.17) is 9.72 Å². The van der Waals surface area contributed by atoms with Crippen molar-refractivity contribution in [3.63, 3.8) is 0 Å². The molecule has 8 nitrogen and oxygen atoms in total. The summed E-state index contributed by atoms with van der Waals surface area (Å²) in [5, 5.41) is 21.9. The zero-order valence-electron chi connectivity index (χ0n) is 22.7. The normalized spacial score (nSPS) is 16.5. The van der Waals surface area contributed by atoms with Crippen LogP contribution in [0.1, 0.15) is 28.7 Å². The minimum Gasteiger partial charge on any atom is -0.445 e. The van der Waals surface area contributed by atoms with Crippen molar-refractivity contribution < 1.29 is 9.53 Å². The highest BCUT2D eigenvalue weighted by Gasteiger charge is 2.34. The molecule has 0 saturated carbocycles. The van der Waals surface area contributed by atoms with Gasteiger partial charge < -0.3 is 19.4 Å². The van der Waals surface area contributed by atoms with Crippen molar-refractivity contribution in [1.82, 2.24) is 9.88 Å². The SMILES string of the molecule is N#CCC1CN(c2ncc(C#N)c3c2CCN(c2cccc4ccccc24)C3)CCN1C(=O)OCc1ccccc1. The maximum atomic E-state index is 13.0. The Morgan fingerprint density at radius 2 is 1.73 bits per heavy atom. The summed E-state index contributed by atoms with van der Waals surface area (Å²) < 4.78 is 5.59. The van der Waals surface area contributed by atoms with E-state index in [-0.39, 0.29) is 19.1 Å². The van der Waals surface area contributed by atoms with Crippen molar-refractivity contribution in [2.24, 2.45) is 0 Å². The van der Waals surface area contributed by atoms with Crippen LogP contribution in [0.4, 0.5) is 16.3 Å². The Labute approximate surface area is 239 Å². The molecule has 8 heteroatoms. The van der Waals surface area contributed by atoms with Crippen LogP contribution in [0, 0.1) is 22.7 Å². The third kappa shape index (κ3) is 5.25. The zero-order chi connectivity index (χ0) is 28.2. The lowest BCUT2D eigenvalue weighted by molar-refractivity contribution is 0.0768. The smallest absolute Gasteiger partial charge is 0.410 e. The Morgan fingerprint density at radius 3 is 2.56 bits per heavy atom. The number of carbonyl (C=O) groups excluding carboxylic acids is 1. The van der Waals surface area contributed by atoms with Crippen molar-refractivity contribution in [2.75, 3.05) is 36.0 Å². The summed E-state index contributed by atoms with van der Waals surface area (Å²) in [7, 11) is 0. The summed E-state index contributed by atoms with van der Waals surface area (Å²) in [6.45, 7) is 3.09. The molecular formula is C33H30N6O2. The second kappa shape index (κ2) is 11.6.